The summed E-state index contributed by atoms with van der Waals surface area (Å²) in [6.07, 6.45) is 3.24. The average Bonchev–Trinajstić information content (AvgIpc) is 2.78. The molecule has 6 aliphatic rings. The van der Waals surface area contributed by atoms with Crippen LogP contribution in [0.25, 0.3) is 0 Å². The molecule has 8 unspecified atom stereocenters. The average molecular weight is 175 g/mol. The van der Waals surface area contributed by atoms with E-state index in [4.69, 9.17) is 5.73 Å². The molecule has 6 saturated carbocycles. The highest BCUT2D eigenvalue weighted by molar-refractivity contribution is 5.27. The predicted octanol–water partition coefficient (Wildman–Crippen LogP) is 1.34. The van der Waals surface area contributed by atoms with Crippen LogP contribution < -0.4 is 5.73 Å². The second kappa shape index (κ2) is 1.60. The smallest absolute Gasteiger partial charge is 0.00431 e. The zero-order chi connectivity index (χ0) is 8.32. The molecule has 0 aliphatic heterocycles. The quantitative estimate of drug-likeness (QED) is 0.639. The molecule has 8 atom stereocenters. The summed E-state index contributed by atoms with van der Waals surface area (Å²) < 4.78 is 0. The van der Waals surface area contributed by atoms with Gasteiger partial charge in [-0.05, 0) is 72.6 Å². The van der Waals surface area contributed by atoms with Crippen molar-refractivity contribution in [2.75, 3.05) is 6.54 Å². The summed E-state index contributed by atoms with van der Waals surface area (Å²) in [5.41, 5.74) is 5.97. The highest BCUT2D eigenvalue weighted by atomic mass is 14.9. The maximum Gasteiger partial charge on any atom is -0.00431 e. The fraction of sp³-hybridized carbons (Fsp3) is 1.00. The molecule has 0 heterocycles. The summed E-state index contributed by atoms with van der Waals surface area (Å²) in [6.45, 7) is 1.01. The molecule has 0 spiro atoms. The maximum absolute atomic E-state index is 5.97. The van der Waals surface area contributed by atoms with Crippen LogP contribution in [0.2, 0.25) is 0 Å². The van der Waals surface area contributed by atoms with Gasteiger partial charge in [0.2, 0.25) is 0 Å². The van der Waals surface area contributed by atoms with E-state index >= 15 is 0 Å². The molecule has 6 fully saturated rings. The Hall–Kier alpha value is -0.0400. The molecular formula is C12H17N. The van der Waals surface area contributed by atoms with Gasteiger partial charge in [0.25, 0.3) is 0 Å². The summed E-state index contributed by atoms with van der Waals surface area (Å²) in [6, 6.07) is 0. The summed E-state index contributed by atoms with van der Waals surface area (Å²) in [4.78, 5) is 0. The normalized spacial score (nSPS) is 79.6. The Morgan fingerprint density at radius 2 is 1.31 bits per heavy atom. The van der Waals surface area contributed by atoms with E-state index in [1.54, 1.807) is 12.8 Å². The van der Waals surface area contributed by atoms with Crippen molar-refractivity contribution in [3.63, 3.8) is 0 Å². The first-order valence-corrected chi connectivity index (χ1v) is 6.12. The highest BCUT2D eigenvalue weighted by Gasteiger charge is 2.79. The van der Waals surface area contributed by atoms with Crippen molar-refractivity contribution in [1.82, 2.24) is 0 Å². The van der Waals surface area contributed by atoms with Gasteiger partial charge in [-0.1, -0.05) is 0 Å². The molecular weight excluding hydrogens is 158 g/mol. The van der Waals surface area contributed by atoms with Crippen molar-refractivity contribution in [2.24, 2.45) is 59.0 Å². The first-order valence-electron chi connectivity index (χ1n) is 6.12. The molecule has 2 N–H and O–H groups in total. The summed E-state index contributed by atoms with van der Waals surface area (Å²) in [5, 5.41) is 0. The van der Waals surface area contributed by atoms with Crippen LogP contribution in [-0.2, 0) is 0 Å². The molecule has 0 saturated heterocycles. The van der Waals surface area contributed by atoms with Crippen molar-refractivity contribution in [2.45, 2.75) is 12.8 Å². The molecule has 6 bridgehead atoms. The second-order valence-electron chi connectivity index (χ2n) is 6.34. The Kier molecular flexibility index (Phi) is 0.793. The minimum atomic E-state index is 0.975. The third-order valence-electron chi connectivity index (χ3n) is 6.75. The number of nitrogens with two attached hydrogens (primary N) is 1. The molecule has 6 aliphatic carbocycles. The van der Waals surface area contributed by atoms with Crippen LogP contribution in [0.4, 0.5) is 0 Å². The van der Waals surface area contributed by atoms with Crippen molar-refractivity contribution < 1.29 is 0 Å². The zero-order valence-electron chi connectivity index (χ0n) is 7.89. The lowest BCUT2D eigenvalue weighted by Crippen LogP contribution is -2.30. The molecule has 0 amide bonds. The lowest BCUT2D eigenvalue weighted by atomic mass is 9.71. The Balaban J connectivity index is 1.79. The van der Waals surface area contributed by atoms with Crippen LogP contribution in [0.3, 0.4) is 0 Å². The lowest BCUT2D eigenvalue weighted by Gasteiger charge is -2.33. The summed E-state index contributed by atoms with van der Waals surface area (Å²) in [7, 11) is 0. The van der Waals surface area contributed by atoms with E-state index in [2.05, 4.69) is 0 Å². The first kappa shape index (κ1) is 6.44. The molecule has 0 aromatic carbocycles. The van der Waals surface area contributed by atoms with Gasteiger partial charge in [-0.3, -0.25) is 0 Å². The van der Waals surface area contributed by atoms with Crippen LogP contribution in [0.15, 0.2) is 0 Å². The number of rotatable bonds is 1. The van der Waals surface area contributed by atoms with Gasteiger partial charge >= 0.3 is 0 Å². The van der Waals surface area contributed by atoms with Gasteiger partial charge in [-0.25, -0.2) is 0 Å². The van der Waals surface area contributed by atoms with Crippen LogP contribution >= 0.6 is 0 Å². The van der Waals surface area contributed by atoms with Crippen LogP contribution in [0.1, 0.15) is 12.8 Å². The fourth-order valence-corrected chi connectivity index (χ4v) is 7.13. The van der Waals surface area contributed by atoms with Crippen LogP contribution in [0, 0.1) is 53.3 Å². The minimum absolute atomic E-state index is 0.975. The number of hydrogen-bond acceptors (Lipinski definition) is 1. The molecule has 6 rings (SSSR count). The van der Waals surface area contributed by atoms with Crippen molar-refractivity contribution in [3.8, 4) is 0 Å². The van der Waals surface area contributed by atoms with Gasteiger partial charge in [0.05, 0.1) is 0 Å². The van der Waals surface area contributed by atoms with Gasteiger partial charge in [0, 0.05) is 0 Å². The predicted molar refractivity (Wildman–Crippen MR) is 49.7 cm³/mol. The minimum Gasteiger partial charge on any atom is -0.330 e. The second-order valence-corrected chi connectivity index (χ2v) is 6.34. The summed E-state index contributed by atoms with van der Waals surface area (Å²) in [5.74, 6) is 10.3. The largest absolute Gasteiger partial charge is 0.330 e. The summed E-state index contributed by atoms with van der Waals surface area (Å²) >= 11 is 0. The molecule has 1 heteroatoms. The number of hydrogen-bond donors (Lipinski definition) is 1. The molecule has 0 aromatic heterocycles. The van der Waals surface area contributed by atoms with E-state index in [0.717, 1.165) is 36.1 Å². The lowest BCUT2D eigenvalue weighted by molar-refractivity contribution is 0.132. The van der Waals surface area contributed by atoms with Crippen molar-refractivity contribution in [3.05, 3.63) is 0 Å². The van der Waals surface area contributed by atoms with Gasteiger partial charge in [0.15, 0.2) is 0 Å². The topological polar surface area (TPSA) is 26.0 Å². The van der Waals surface area contributed by atoms with Crippen LogP contribution in [-0.4, -0.2) is 6.54 Å². The van der Waals surface area contributed by atoms with Gasteiger partial charge < -0.3 is 5.73 Å². The van der Waals surface area contributed by atoms with E-state index in [1.165, 1.54) is 23.7 Å². The van der Waals surface area contributed by atoms with E-state index in [-0.39, 0.29) is 0 Å². The molecule has 70 valence electrons. The molecule has 1 nitrogen and oxygen atoms in total. The third kappa shape index (κ3) is 0.407. The standard InChI is InChI=1S/C12H17N/c13-3-8-11-6-1-4-5-2-7(9(4)11)12(8)10(5)6/h4-12H,1-3,13H2. The van der Waals surface area contributed by atoms with Crippen molar-refractivity contribution >= 4 is 0 Å². The molecule has 13 heavy (non-hydrogen) atoms. The van der Waals surface area contributed by atoms with Gasteiger partial charge in [0.1, 0.15) is 0 Å². The molecule has 0 radical (unpaired) electrons. The Labute approximate surface area is 79.1 Å². The van der Waals surface area contributed by atoms with Crippen LogP contribution in [0.5, 0.6) is 0 Å². The monoisotopic (exact) mass is 175 g/mol. The SMILES string of the molecule is NCC1C2C3CC4C5CC(C42)C1C53. The zero-order valence-corrected chi connectivity index (χ0v) is 7.89. The first-order chi connectivity index (χ1) is 6.42. The van der Waals surface area contributed by atoms with Gasteiger partial charge in [-0.15, -0.1) is 0 Å². The van der Waals surface area contributed by atoms with Crippen molar-refractivity contribution in [1.29, 1.82) is 0 Å². The van der Waals surface area contributed by atoms with Gasteiger partial charge in [-0.2, -0.15) is 0 Å². The third-order valence-corrected chi connectivity index (χ3v) is 6.75. The maximum atomic E-state index is 5.97. The highest BCUT2D eigenvalue weighted by Crippen LogP contribution is 2.84. The van der Waals surface area contributed by atoms with E-state index in [9.17, 15) is 0 Å². The fourth-order valence-electron chi connectivity index (χ4n) is 7.13. The van der Waals surface area contributed by atoms with E-state index < -0.39 is 0 Å². The van der Waals surface area contributed by atoms with E-state index in [1.807, 2.05) is 0 Å². The Morgan fingerprint density at radius 3 is 1.77 bits per heavy atom. The Bertz CT molecular complexity index is 271. The molecule has 0 aromatic rings. The van der Waals surface area contributed by atoms with E-state index in [0.29, 0.717) is 0 Å². The Morgan fingerprint density at radius 1 is 0.769 bits per heavy atom.